The van der Waals surface area contributed by atoms with Crippen LogP contribution in [0.4, 0.5) is 0 Å². The van der Waals surface area contributed by atoms with Crippen LogP contribution in [0.2, 0.25) is 0 Å². The number of amides is 1. The van der Waals surface area contributed by atoms with Crippen LogP contribution < -0.4 is 0 Å². The average molecular weight is 400 g/mol. The van der Waals surface area contributed by atoms with Gasteiger partial charge in [-0.3, -0.25) is 9.48 Å². The number of rotatable bonds is 3. The third-order valence-corrected chi connectivity index (χ3v) is 8.45. The van der Waals surface area contributed by atoms with Gasteiger partial charge in [0.1, 0.15) is 5.56 Å². The number of carboxylic acids is 1. The molecule has 6 rings (SSSR count). The second-order valence-corrected chi connectivity index (χ2v) is 11.3. The normalized spacial score (nSPS) is 39.1. The van der Waals surface area contributed by atoms with Crippen LogP contribution in [0, 0.1) is 29.1 Å². The lowest BCUT2D eigenvalue weighted by Gasteiger charge is -2.65. The first-order valence-corrected chi connectivity index (χ1v) is 11.2. The smallest absolute Gasteiger partial charge is 0.339 e. The maximum absolute atomic E-state index is 13.8. The standard InChI is InChI=1S/C23H33N3O3/c1-15-18(19(27)28)11-24-26(15)17-4-6-25(7-5-17)20(29)23-10-16-8-21(2,13-23)12-22(3,9-16)14-23/h11,16-17H,4-10,12-14H2,1-3H3,(H,27,28). The Labute approximate surface area is 172 Å². The molecule has 1 aliphatic heterocycles. The summed E-state index contributed by atoms with van der Waals surface area (Å²) in [7, 11) is 0. The molecule has 0 aromatic carbocycles. The van der Waals surface area contributed by atoms with Crippen LogP contribution >= 0.6 is 0 Å². The van der Waals surface area contributed by atoms with Gasteiger partial charge >= 0.3 is 5.97 Å². The quantitative estimate of drug-likeness (QED) is 0.832. The summed E-state index contributed by atoms with van der Waals surface area (Å²) in [6.07, 6.45) is 10.3. The Balaban J connectivity index is 1.30. The summed E-state index contributed by atoms with van der Waals surface area (Å²) in [6.45, 7) is 8.18. The third-order valence-electron chi connectivity index (χ3n) is 8.45. The summed E-state index contributed by atoms with van der Waals surface area (Å²) < 4.78 is 1.86. The lowest BCUT2D eigenvalue weighted by Crippen LogP contribution is -2.61. The molecule has 1 aromatic rings. The molecule has 4 aliphatic carbocycles. The molecule has 1 aromatic heterocycles. The molecule has 4 saturated carbocycles. The molecule has 6 heteroatoms. The van der Waals surface area contributed by atoms with E-state index < -0.39 is 5.97 Å². The number of likely N-dealkylation sites (tertiary alicyclic amines) is 1. The number of aromatic nitrogens is 2. The van der Waals surface area contributed by atoms with Crippen molar-refractivity contribution in [3.63, 3.8) is 0 Å². The molecular formula is C23H33N3O3. The fourth-order valence-electron chi connectivity index (χ4n) is 8.34. The Morgan fingerprint density at radius 1 is 1.07 bits per heavy atom. The average Bonchev–Trinajstić information content (AvgIpc) is 3.00. The molecule has 4 bridgehead atoms. The molecule has 6 nitrogen and oxygen atoms in total. The van der Waals surface area contributed by atoms with Crippen molar-refractivity contribution in [1.82, 2.24) is 14.7 Å². The molecule has 158 valence electrons. The van der Waals surface area contributed by atoms with Crippen molar-refractivity contribution in [2.45, 2.75) is 78.2 Å². The summed E-state index contributed by atoms with van der Waals surface area (Å²) in [5, 5.41) is 13.6. The van der Waals surface area contributed by atoms with Gasteiger partial charge in [-0.05, 0) is 75.0 Å². The first-order chi connectivity index (χ1) is 13.6. The van der Waals surface area contributed by atoms with Gasteiger partial charge in [-0.1, -0.05) is 13.8 Å². The van der Waals surface area contributed by atoms with E-state index in [1.165, 1.54) is 25.5 Å². The number of nitrogens with zero attached hydrogens (tertiary/aromatic N) is 3. The van der Waals surface area contributed by atoms with E-state index in [-0.39, 0.29) is 17.0 Å². The molecule has 0 spiro atoms. The van der Waals surface area contributed by atoms with Crippen molar-refractivity contribution < 1.29 is 14.7 Å². The zero-order chi connectivity index (χ0) is 20.6. The number of aromatic carboxylic acids is 1. The highest BCUT2D eigenvalue weighted by Crippen LogP contribution is 2.69. The van der Waals surface area contributed by atoms with Crippen molar-refractivity contribution in [1.29, 1.82) is 0 Å². The van der Waals surface area contributed by atoms with Gasteiger partial charge in [-0.2, -0.15) is 5.10 Å². The highest BCUT2D eigenvalue weighted by Gasteiger charge is 2.63. The Morgan fingerprint density at radius 2 is 1.69 bits per heavy atom. The van der Waals surface area contributed by atoms with Crippen LogP contribution in [0.1, 0.15) is 87.3 Å². The molecule has 2 atom stereocenters. The van der Waals surface area contributed by atoms with Crippen molar-refractivity contribution >= 4 is 11.9 Å². The van der Waals surface area contributed by atoms with Gasteiger partial charge in [0.2, 0.25) is 5.91 Å². The number of carbonyl (C=O) groups is 2. The fourth-order valence-corrected chi connectivity index (χ4v) is 8.34. The number of carbonyl (C=O) groups excluding carboxylic acids is 1. The molecule has 1 N–H and O–H groups in total. The Kier molecular flexibility index (Phi) is 4.01. The van der Waals surface area contributed by atoms with Gasteiger partial charge in [0.25, 0.3) is 0 Å². The molecule has 5 fully saturated rings. The van der Waals surface area contributed by atoms with E-state index in [4.69, 9.17) is 0 Å². The van der Waals surface area contributed by atoms with E-state index in [1.54, 1.807) is 0 Å². The van der Waals surface area contributed by atoms with Crippen LogP contribution in [-0.2, 0) is 4.79 Å². The van der Waals surface area contributed by atoms with Crippen LogP contribution in [0.25, 0.3) is 0 Å². The topological polar surface area (TPSA) is 75.4 Å². The minimum Gasteiger partial charge on any atom is -0.478 e. The third kappa shape index (κ3) is 2.93. The van der Waals surface area contributed by atoms with Gasteiger partial charge in [0, 0.05) is 13.1 Å². The zero-order valence-corrected chi connectivity index (χ0v) is 17.9. The maximum Gasteiger partial charge on any atom is 0.339 e. The summed E-state index contributed by atoms with van der Waals surface area (Å²) in [5.74, 6) is 0.204. The monoisotopic (exact) mass is 399 g/mol. The van der Waals surface area contributed by atoms with Crippen LogP contribution in [-0.4, -0.2) is 44.8 Å². The van der Waals surface area contributed by atoms with Crippen molar-refractivity contribution in [3.8, 4) is 0 Å². The molecule has 5 aliphatic rings. The lowest BCUT2D eigenvalue weighted by atomic mass is 9.40. The minimum absolute atomic E-state index is 0.131. The first-order valence-electron chi connectivity index (χ1n) is 11.2. The predicted octanol–water partition coefficient (Wildman–Crippen LogP) is 4.05. The Hall–Kier alpha value is -1.85. The second kappa shape index (κ2) is 6.08. The fraction of sp³-hybridized carbons (Fsp3) is 0.783. The van der Waals surface area contributed by atoms with Gasteiger partial charge in [-0.15, -0.1) is 0 Å². The first kappa shape index (κ1) is 19.1. The van der Waals surface area contributed by atoms with Gasteiger partial charge in [0.15, 0.2) is 0 Å². The summed E-state index contributed by atoms with van der Waals surface area (Å²) in [6, 6.07) is 0.179. The van der Waals surface area contributed by atoms with E-state index in [0.29, 0.717) is 22.4 Å². The SMILES string of the molecule is Cc1c(C(=O)O)cnn1C1CCN(C(=O)C23CC4CC(C)(CC(C)(C4)C2)C3)CC1. The van der Waals surface area contributed by atoms with E-state index in [2.05, 4.69) is 23.8 Å². The van der Waals surface area contributed by atoms with Gasteiger partial charge in [0.05, 0.1) is 23.3 Å². The molecule has 2 heterocycles. The largest absolute Gasteiger partial charge is 0.478 e. The molecular weight excluding hydrogens is 366 g/mol. The summed E-state index contributed by atoms with van der Waals surface area (Å²) in [4.78, 5) is 27.2. The highest BCUT2D eigenvalue weighted by molar-refractivity contribution is 5.88. The molecule has 2 unspecified atom stereocenters. The highest BCUT2D eigenvalue weighted by atomic mass is 16.4. The summed E-state index contributed by atoms with van der Waals surface area (Å²) in [5.41, 5.74) is 1.56. The number of hydrogen-bond donors (Lipinski definition) is 1. The second-order valence-electron chi connectivity index (χ2n) is 11.3. The Bertz CT molecular complexity index is 849. The minimum atomic E-state index is -0.926. The van der Waals surface area contributed by atoms with Crippen LogP contribution in [0.15, 0.2) is 6.20 Å². The molecule has 0 radical (unpaired) electrons. The molecule has 29 heavy (non-hydrogen) atoms. The summed E-state index contributed by atoms with van der Waals surface area (Å²) >= 11 is 0. The van der Waals surface area contributed by atoms with Gasteiger partial charge in [-0.25, -0.2) is 4.79 Å². The van der Waals surface area contributed by atoms with Crippen molar-refractivity contribution in [2.75, 3.05) is 13.1 Å². The maximum atomic E-state index is 13.8. The van der Waals surface area contributed by atoms with E-state index in [0.717, 1.165) is 51.1 Å². The van der Waals surface area contributed by atoms with E-state index in [1.807, 2.05) is 11.6 Å². The number of hydrogen-bond acceptors (Lipinski definition) is 3. The number of carboxylic acid groups (broad SMARTS) is 1. The van der Waals surface area contributed by atoms with Crippen molar-refractivity contribution in [2.24, 2.45) is 22.2 Å². The zero-order valence-electron chi connectivity index (χ0n) is 17.9. The van der Waals surface area contributed by atoms with Crippen LogP contribution in [0.3, 0.4) is 0 Å². The number of piperidine rings is 1. The van der Waals surface area contributed by atoms with E-state index in [9.17, 15) is 14.7 Å². The van der Waals surface area contributed by atoms with E-state index >= 15 is 0 Å². The lowest BCUT2D eigenvalue weighted by molar-refractivity contribution is -0.180. The van der Waals surface area contributed by atoms with Crippen LogP contribution in [0.5, 0.6) is 0 Å². The predicted molar refractivity (Wildman–Crippen MR) is 109 cm³/mol. The molecule has 1 amide bonds. The van der Waals surface area contributed by atoms with Crippen molar-refractivity contribution in [3.05, 3.63) is 17.5 Å². The Morgan fingerprint density at radius 3 is 2.21 bits per heavy atom. The molecule has 1 saturated heterocycles. The van der Waals surface area contributed by atoms with Gasteiger partial charge < -0.3 is 10.0 Å².